The Labute approximate surface area is 135 Å². The molecule has 122 valence electrons. The van der Waals surface area contributed by atoms with E-state index in [0.29, 0.717) is 4.88 Å². The van der Waals surface area contributed by atoms with Crippen LogP contribution >= 0.6 is 11.3 Å². The minimum Gasteiger partial charge on any atom is -0.298 e. The van der Waals surface area contributed by atoms with E-state index in [0.717, 1.165) is 37.8 Å². The Bertz CT molecular complexity index is 701. The molecule has 1 aromatic carbocycles. The quantitative estimate of drug-likeness (QED) is 0.813. The van der Waals surface area contributed by atoms with E-state index in [9.17, 15) is 18.0 Å². The summed E-state index contributed by atoms with van der Waals surface area (Å²) in [6.45, 7) is 0. The number of fused-ring (bicyclic) bond motifs is 1. The third-order valence-corrected chi connectivity index (χ3v) is 4.97. The smallest absolute Gasteiger partial charge is 0.298 e. The van der Waals surface area contributed by atoms with Gasteiger partial charge >= 0.3 is 6.18 Å². The average molecular weight is 340 g/mol. The fraction of sp³-hybridized carbons (Fsp3) is 0.312. The summed E-state index contributed by atoms with van der Waals surface area (Å²) in [7, 11) is 0. The third-order valence-electron chi connectivity index (χ3n) is 3.73. The zero-order valence-corrected chi connectivity index (χ0v) is 13.0. The first-order valence-electron chi connectivity index (χ1n) is 7.29. The highest BCUT2D eigenvalue weighted by atomic mass is 32.1. The first-order valence-corrected chi connectivity index (χ1v) is 8.10. The second kappa shape index (κ2) is 6.23. The highest BCUT2D eigenvalue weighted by Crippen LogP contribution is 2.31. The summed E-state index contributed by atoms with van der Waals surface area (Å²) >= 11 is 1.45. The van der Waals surface area contributed by atoms with Crippen LogP contribution in [0.4, 0.5) is 18.9 Å². The van der Waals surface area contributed by atoms with Crippen molar-refractivity contribution in [2.45, 2.75) is 31.9 Å². The predicted molar refractivity (Wildman–Crippen MR) is 83.5 cm³/mol. The zero-order valence-electron chi connectivity index (χ0n) is 12.2. The molecule has 1 heterocycles. The number of nitrogens with one attached hydrogen (secondary N) is 2. The van der Waals surface area contributed by atoms with Gasteiger partial charge in [0.2, 0.25) is 0 Å². The summed E-state index contributed by atoms with van der Waals surface area (Å²) in [6, 6.07) is 6.58. The number of halogens is 3. The maximum Gasteiger partial charge on any atom is 0.416 e. The van der Waals surface area contributed by atoms with Gasteiger partial charge in [0.05, 0.1) is 16.1 Å². The molecule has 3 nitrogen and oxygen atoms in total. The summed E-state index contributed by atoms with van der Waals surface area (Å²) in [5.41, 5.74) is 5.64. The lowest BCUT2D eigenvalue weighted by Gasteiger charge is -2.11. The minimum absolute atomic E-state index is 0.189. The van der Waals surface area contributed by atoms with Gasteiger partial charge in [-0.1, -0.05) is 6.07 Å². The van der Waals surface area contributed by atoms with Crippen molar-refractivity contribution in [3.8, 4) is 0 Å². The molecule has 1 aliphatic carbocycles. The first kappa shape index (κ1) is 15.9. The van der Waals surface area contributed by atoms with E-state index in [-0.39, 0.29) is 11.6 Å². The second-order valence-electron chi connectivity index (χ2n) is 5.42. The van der Waals surface area contributed by atoms with Crippen molar-refractivity contribution in [1.29, 1.82) is 0 Å². The molecular weight excluding hydrogens is 325 g/mol. The summed E-state index contributed by atoms with van der Waals surface area (Å²) in [5, 5.41) is 0. The van der Waals surface area contributed by atoms with Crippen LogP contribution in [0.1, 0.15) is 38.5 Å². The van der Waals surface area contributed by atoms with Crippen molar-refractivity contribution < 1.29 is 18.0 Å². The molecule has 2 N–H and O–H groups in total. The molecule has 0 aliphatic heterocycles. The van der Waals surface area contributed by atoms with Gasteiger partial charge < -0.3 is 0 Å². The standard InChI is InChI=1S/C16H15F3N2OS/c17-16(18,19)11-5-3-6-12(9-11)20-21-15(22)14-8-10-4-1-2-7-13(10)23-14/h3,5-6,8-9,20H,1-2,4,7H2,(H,21,22). The normalized spacial score (nSPS) is 14.2. The highest BCUT2D eigenvalue weighted by Gasteiger charge is 2.30. The van der Waals surface area contributed by atoms with Gasteiger partial charge in [-0.15, -0.1) is 11.3 Å². The van der Waals surface area contributed by atoms with E-state index in [1.165, 1.54) is 33.9 Å². The summed E-state index contributed by atoms with van der Waals surface area (Å²) in [5.74, 6) is -0.332. The molecular formula is C16H15F3N2OS. The van der Waals surface area contributed by atoms with Crippen LogP contribution in [-0.2, 0) is 19.0 Å². The highest BCUT2D eigenvalue weighted by molar-refractivity contribution is 7.14. The third kappa shape index (κ3) is 3.67. The van der Waals surface area contributed by atoms with Crippen molar-refractivity contribution in [2.24, 2.45) is 0 Å². The average Bonchev–Trinajstić information content (AvgIpc) is 2.96. The Hall–Kier alpha value is -2.02. The molecule has 0 unspecified atom stereocenters. The molecule has 23 heavy (non-hydrogen) atoms. The first-order chi connectivity index (χ1) is 10.9. The summed E-state index contributed by atoms with van der Waals surface area (Å²) in [6.07, 6.45) is -0.159. The van der Waals surface area contributed by atoms with E-state index in [1.54, 1.807) is 0 Å². The van der Waals surface area contributed by atoms with E-state index < -0.39 is 11.7 Å². The van der Waals surface area contributed by atoms with Gasteiger partial charge in [0.15, 0.2) is 0 Å². The van der Waals surface area contributed by atoms with Gasteiger partial charge in [-0.2, -0.15) is 13.2 Å². The number of aryl methyl sites for hydroxylation is 2. The number of hydrazine groups is 1. The van der Waals surface area contributed by atoms with E-state index in [2.05, 4.69) is 10.9 Å². The maximum absolute atomic E-state index is 12.6. The number of benzene rings is 1. The van der Waals surface area contributed by atoms with E-state index >= 15 is 0 Å². The van der Waals surface area contributed by atoms with Crippen LogP contribution in [0.15, 0.2) is 30.3 Å². The lowest BCUT2D eigenvalue weighted by atomic mass is 9.99. The molecule has 0 saturated carbocycles. The van der Waals surface area contributed by atoms with Crippen LogP contribution in [0.3, 0.4) is 0 Å². The van der Waals surface area contributed by atoms with Crippen molar-refractivity contribution >= 4 is 22.9 Å². The number of rotatable bonds is 3. The molecule has 1 amide bonds. The Morgan fingerprint density at radius 1 is 1.13 bits per heavy atom. The van der Waals surface area contributed by atoms with Crippen molar-refractivity contribution in [3.63, 3.8) is 0 Å². The van der Waals surface area contributed by atoms with Crippen molar-refractivity contribution in [1.82, 2.24) is 5.43 Å². The molecule has 0 atom stereocenters. The topological polar surface area (TPSA) is 41.1 Å². The maximum atomic E-state index is 12.6. The van der Waals surface area contributed by atoms with Gasteiger partial charge in [-0.05, 0) is 55.5 Å². The number of thiophene rings is 1. The zero-order chi connectivity index (χ0) is 16.4. The van der Waals surface area contributed by atoms with Crippen LogP contribution in [0, 0.1) is 0 Å². The van der Waals surface area contributed by atoms with Gasteiger partial charge in [0.25, 0.3) is 5.91 Å². The van der Waals surface area contributed by atoms with Crippen molar-refractivity contribution in [3.05, 3.63) is 51.2 Å². The van der Waals surface area contributed by atoms with Gasteiger partial charge in [-0.25, -0.2) is 0 Å². The van der Waals surface area contributed by atoms with Crippen LogP contribution in [-0.4, -0.2) is 5.91 Å². The predicted octanol–water partition coefficient (Wildman–Crippen LogP) is 4.40. The Kier molecular flexibility index (Phi) is 4.30. The van der Waals surface area contributed by atoms with Crippen LogP contribution in [0.25, 0.3) is 0 Å². The van der Waals surface area contributed by atoms with Crippen LogP contribution in [0.2, 0.25) is 0 Å². The van der Waals surface area contributed by atoms with Gasteiger partial charge in [0.1, 0.15) is 0 Å². The molecule has 0 saturated heterocycles. The largest absolute Gasteiger partial charge is 0.416 e. The fourth-order valence-electron chi connectivity index (χ4n) is 2.57. The Morgan fingerprint density at radius 2 is 1.91 bits per heavy atom. The molecule has 0 spiro atoms. The Balaban J connectivity index is 1.66. The molecule has 1 aliphatic rings. The molecule has 7 heteroatoms. The number of anilines is 1. The molecule has 2 aromatic rings. The Morgan fingerprint density at radius 3 is 2.65 bits per heavy atom. The van der Waals surface area contributed by atoms with Crippen LogP contribution in [0.5, 0.6) is 0 Å². The molecule has 3 rings (SSSR count). The number of carbonyl (C=O) groups excluding carboxylic acids is 1. The SMILES string of the molecule is O=C(NNc1cccc(C(F)(F)F)c1)c1cc2c(s1)CCCC2. The minimum atomic E-state index is -4.41. The molecule has 0 radical (unpaired) electrons. The van der Waals surface area contributed by atoms with Crippen molar-refractivity contribution in [2.75, 3.05) is 5.43 Å². The molecule has 1 aromatic heterocycles. The number of alkyl halides is 3. The van der Waals surface area contributed by atoms with Gasteiger partial charge in [-0.3, -0.25) is 15.6 Å². The molecule has 0 bridgehead atoms. The number of carbonyl (C=O) groups is 1. The van der Waals surface area contributed by atoms with E-state index in [1.807, 2.05) is 6.07 Å². The molecule has 0 fully saturated rings. The lowest BCUT2D eigenvalue weighted by molar-refractivity contribution is -0.137. The number of amides is 1. The fourth-order valence-corrected chi connectivity index (χ4v) is 3.72. The monoisotopic (exact) mass is 340 g/mol. The summed E-state index contributed by atoms with van der Waals surface area (Å²) in [4.78, 5) is 13.9. The lowest BCUT2D eigenvalue weighted by Crippen LogP contribution is -2.28. The van der Waals surface area contributed by atoms with Crippen LogP contribution < -0.4 is 10.9 Å². The van der Waals surface area contributed by atoms with Gasteiger partial charge in [0, 0.05) is 4.88 Å². The van der Waals surface area contributed by atoms with E-state index in [4.69, 9.17) is 0 Å². The number of hydrogen-bond donors (Lipinski definition) is 2. The number of hydrogen-bond acceptors (Lipinski definition) is 3. The summed E-state index contributed by atoms with van der Waals surface area (Å²) < 4.78 is 37.9. The second-order valence-corrected chi connectivity index (χ2v) is 6.56.